The largest absolute Gasteiger partial charge is 0.381 e. The van der Waals surface area contributed by atoms with Crippen LogP contribution in [-0.4, -0.2) is 34.9 Å². The van der Waals surface area contributed by atoms with Crippen LogP contribution >= 0.6 is 0 Å². The van der Waals surface area contributed by atoms with Gasteiger partial charge in [-0.1, -0.05) is 0 Å². The third-order valence-electron chi connectivity index (χ3n) is 3.33. The van der Waals surface area contributed by atoms with Crippen molar-refractivity contribution in [3.05, 3.63) is 24.0 Å². The number of hydrogen-bond acceptors (Lipinski definition) is 3. The number of carbonyl (C=O) groups is 1. The van der Waals surface area contributed by atoms with E-state index in [2.05, 4.69) is 10.3 Å². The van der Waals surface area contributed by atoms with Gasteiger partial charge in [-0.25, -0.2) is 0 Å². The molecule has 1 amide bonds. The summed E-state index contributed by atoms with van der Waals surface area (Å²) < 4.78 is 0. The standard InChI is InChI=1S/C13H17N3O/c17-13(16-5-1-2-6-16)10-7-12(9-14-8-10)15-11-3-4-11/h7-9,11,15H,1-6H2. The maximum atomic E-state index is 12.2. The summed E-state index contributed by atoms with van der Waals surface area (Å²) in [7, 11) is 0. The summed E-state index contributed by atoms with van der Waals surface area (Å²) >= 11 is 0. The van der Waals surface area contributed by atoms with E-state index in [1.54, 1.807) is 12.4 Å². The first kappa shape index (κ1) is 10.6. The zero-order valence-electron chi connectivity index (χ0n) is 9.85. The van der Waals surface area contributed by atoms with Crippen molar-refractivity contribution in [2.75, 3.05) is 18.4 Å². The van der Waals surface area contributed by atoms with Crippen LogP contribution in [0, 0.1) is 0 Å². The summed E-state index contributed by atoms with van der Waals surface area (Å²) in [5.74, 6) is 0.120. The minimum Gasteiger partial charge on any atom is -0.381 e. The molecule has 3 rings (SSSR count). The number of aromatic nitrogens is 1. The Labute approximate surface area is 101 Å². The van der Waals surface area contributed by atoms with Crippen molar-refractivity contribution < 1.29 is 4.79 Å². The lowest BCUT2D eigenvalue weighted by Gasteiger charge is -2.15. The highest BCUT2D eigenvalue weighted by Gasteiger charge is 2.22. The molecular weight excluding hydrogens is 214 g/mol. The minimum atomic E-state index is 0.120. The van der Waals surface area contributed by atoms with E-state index in [0.29, 0.717) is 11.6 Å². The Balaban J connectivity index is 1.74. The van der Waals surface area contributed by atoms with Crippen molar-refractivity contribution in [2.24, 2.45) is 0 Å². The molecule has 1 saturated carbocycles. The van der Waals surface area contributed by atoms with E-state index in [1.807, 2.05) is 11.0 Å². The number of rotatable bonds is 3. The molecule has 2 aliphatic rings. The molecule has 4 nitrogen and oxygen atoms in total. The molecule has 2 heterocycles. The first-order chi connectivity index (χ1) is 8.33. The zero-order chi connectivity index (χ0) is 11.7. The molecule has 0 unspecified atom stereocenters. The molecule has 1 aromatic rings. The predicted molar refractivity (Wildman–Crippen MR) is 66.0 cm³/mol. The number of pyridine rings is 1. The number of amides is 1. The Hall–Kier alpha value is -1.58. The summed E-state index contributed by atoms with van der Waals surface area (Å²) in [6.07, 6.45) is 8.16. The normalized spacial score (nSPS) is 19.4. The Kier molecular flexibility index (Phi) is 2.71. The van der Waals surface area contributed by atoms with Gasteiger partial charge in [-0.05, 0) is 31.7 Å². The van der Waals surface area contributed by atoms with E-state index in [-0.39, 0.29) is 5.91 Å². The van der Waals surface area contributed by atoms with Crippen molar-refractivity contribution >= 4 is 11.6 Å². The lowest BCUT2D eigenvalue weighted by Crippen LogP contribution is -2.27. The molecule has 17 heavy (non-hydrogen) atoms. The van der Waals surface area contributed by atoms with Gasteiger partial charge in [-0.2, -0.15) is 0 Å². The molecule has 90 valence electrons. The number of carbonyl (C=O) groups excluding carboxylic acids is 1. The van der Waals surface area contributed by atoms with Crippen LogP contribution in [0.15, 0.2) is 18.5 Å². The number of nitrogens with zero attached hydrogens (tertiary/aromatic N) is 2. The van der Waals surface area contributed by atoms with Crippen LogP contribution in [-0.2, 0) is 0 Å². The molecule has 0 aromatic carbocycles. The van der Waals surface area contributed by atoms with Gasteiger partial charge in [0.05, 0.1) is 11.3 Å². The maximum Gasteiger partial charge on any atom is 0.255 e. The molecule has 0 radical (unpaired) electrons. The van der Waals surface area contributed by atoms with Gasteiger partial charge >= 0.3 is 0 Å². The summed E-state index contributed by atoms with van der Waals surface area (Å²) in [6.45, 7) is 1.78. The number of likely N-dealkylation sites (tertiary alicyclic amines) is 1. The highest BCUT2D eigenvalue weighted by molar-refractivity contribution is 5.94. The van der Waals surface area contributed by atoms with Crippen molar-refractivity contribution in [1.29, 1.82) is 0 Å². The van der Waals surface area contributed by atoms with Gasteiger partial charge in [-0.3, -0.25) is 9.78 Å². The van der Waals surface area contributed by atoms with Crippen LogP contribution in [0.5, 0.6) is 0 Å². The van der Waals surface area contributed by atoms with Crippen LogP contribution in [0.25, 0.3) is 0 Å². The second-order valence-corrected chi connectivity index (χ2v) is 4.88. The van der Waals surface area contributed by atoms with E-state index in [0.717, 1.165) is 31.6 Å². The van der Waals surface area contributed by atoms with Crippen LogP contribution in [0.3, 0.4) is 0 Å². The molecule has 0 atom stereocenters. The fourth-order valence-electron chi connectivity index (χ4n) is 2.20. The highest BCUT2D eigenvalue weighted by atomic mass is 16.2. The first-order valence-electron chi connectivity index (χ1n) is 6.34. The fraction of sp³-hybridized carbons (Fsp3) is 0.538. The summed E-state index contributed by atoms with van der Waals surface area (Å²) in [6, 6.07) is 2.51. The van der Waals surface area contributed by atoms with E-state index in [1.165, 1.54) is 12.8 Å². The van der Waals surface area contributed by atoms with Crippen molar-refractivity contribution in [2.45, 2.75) is 31.7 Å². The number of hydrogen-bond donors (Lipinski definition) is 1. The van der Waals surface area contributed by atoms with Gasteiger partial charge in [0.2, 0.25) is 0 Å². The van der Waals surface area contributed by atoms with Crippen LogP contribution < -0.4 is 5.32 Å². The molecule has 1 aromatic heterocycles. The third kappa shape index (κ3) is 2.40. The summed E-state index contributed by atoms with van der Waals surface area (Å²) in [4.78, 5) is 18.2. The second-order valence-electron chi connectivity index (χ2n) is 4.88. The second kappa shape index (κ2) is 4.35. The van der Waals surface area contributed by atoms with Crippen molar-refractivity contribution in [1.82, 2.24) is 9.88 Å². The van der Waals surface area contributed by atoms with Crippen LogP contribution in [0.1, 0.15) is 36.0 Å². The zero-order valence-corrected chi connectivity index (χ0v) is 9.85. The molecule has 4 heteroatoms. The van der Waals surface area contributed by atoms with Crippen LogP contribution in [0.2, 0.25) is 0 Å². The van der Waals surface area contributed by atoms with Gasteiger partial charge in [-0.15, -0.1) is 0 Å². The molecule has 1 N–H and O–H groups in total. The smallest absolute Gasteiger partial charge is 0.255 e. The highest BCUT2D eigenvalue weighted by Crippen LogP contribution is 2.24. The Morgan fingerprint density at radius 1 is 1.29 bits per heavy atom. The summed E-state index contributed by atoms with van der Waals surface area (Å²) in [5.41, 5.74) is 1.68. The maximum absolute atomic E-state index is 12.2. The van der Waals surface area contributed by atoms with Crippen molar-refractivity contribution in [3.63, 3.8) is 0 Å². The number of anilines is 1. The quantitative estimate of drug-likeness (QED) is 0.864. The topological polar surface area (TPSA) is 45.2 Å². The van der Waals surface area contributed by atoms with Gasteiger partial charge in [0, 0.05) is 31.5 Å². The van der Waals surface area contributed by atoms with Gasteiger partial charge in [0.15, 0.2) is 0 Å². The van der Waals surface area contributed by atoms with Gasteiger partial charge in [0.1, 0.15) is 0 Å². The van der Waals surface area contributed by atoms with E-state index >= 15 is 0 Å². The lowest BCUT2D eigenvalue weighted by molar-refractivity contribution is 0.0792. The predicted octanol–water partition coefficient (Wildman–Crippen LogP) is 1.89. The minimum absolute atomic E-state index is 0.120. The fourth-order valence-corrected chi connectivity index (χ4v) is 2.20. The molecular formula is C13H17N3O. The monoisotopic (exact) mass is 231 g/mol. The van der Waals surface area contributed by atoms with E-state index in [9.17, 15) is 4.79 Å². The third-order valence-corrected chi connectivity index (χ3v) is 3.33. The average molecular weight is 231 g/mol. The Bertz CT molecular complexity index is 422. The number of nitrogens with one attached hydrogen (secondary N) is 1. The molecule has 0 spiro atoms. The van der Waals surface area contributed by atoms with E-state index < -0.39 is 0 Å². The van der Waals surface area contributed by atoms with Crippen molar-refractivity contribution in [3.8, 4) is 0 Å². The van der Waals surface area contributed by atoms with Gasteiger partial charge < -0.3 is 10.2 Å². The molecule has 0 bridgehead atoms. The summed E-state index contributed by atoms with van der Waals surface area (Å²) in [5, 5.41) is 3.37. The SMILES string of the molecule is O=C(c1cncc(NC2CC2)c1)N1CCCC1. The molecule has 2 fully saturated rings. The van der Waals surface area contributed by atoms with Gasteiger partial charge in [0.25, 0.3) is 5.91 Å². The lowest BCUT2D eigenvalue weighted by atomic mass is 10.2. The Morgan fingerprint density at radius 2 is 2.06 bits per heavy atom. The molecule has 1 saturated heterocycles. The first-order valence-corrected chi connectivity index (χ1v) is 6.34. The van der Waals surface area contributed by atoms with Crippen LogP contribution in [0.4, 0.5) is 5.69 Å². The Morgan fingerprint density at radius 3 is 2.76 bits per heavy atom. The van der Waals surface area contributed by atoms with E-state index in [4.69, 9.17) is 0 Å². The molecule has 1 aliphatic carbocycles. The average Bonchev–Trinajstić information content (AvgIpc) is 2.99. The molecule has 1 aliphatic heterocycles.